The van der Waals surface area contributed by atoms with Crippen LogP contribution in [0.5, 0.6) is 0 Å². The number of aryl methyl sites for hydroxylation is 1. The van der Waals surface area contributed by atoms with Crippen LogP contribution in [0, 0.1) is 6.92 Å². The van der Waals surface area contributed by atoms with Gasteiger partial charge in [-0.2, -0.15) is 0 Å². The van der Waals surface area contributed by atoms with Crippen LogP contribution < -0.4 is 4.90 Å². The molecule has 0 spiro atoms. The van der Waals surface area contributed by atoms with Gasteiger partial charge < -0.3 is 19.5 Å². The lowest BCUT2D eigenvalue weighted by Crippen LogP contribution is -2.37. The van der Waals surface area contributed by atoms with Crippen molar-refractivity contribution < 1.29 is 19.4 Å². The van der Waals surface area contributed by atoms with Gasteiger partial charge in [-0.1, -0.05) is 23.7 Å². The largest absolute Gasteiger partial charge is 0.479 e. The third-order valence-corrected chi connectivity index (χ3v) is 8.64. The molecule has 0 saturated carbocycles. The summed E-state index contributed by atoms with van der Waals surface area (Å²) in [5, 5.41) is 11.7. The molecule has 9 nitrogen and oxygen atoms in total. The standard InChI is InChI=1S/C33H32ClN5O4S/c1-19-15-25-29(27(20-5-7-23(34)8-6-20)26(19)28(31(40)41)43-33(2,3)4)44-30(38-25)21-9-10-35-24(16-21)22-17-36-32(37-18-22)39-11-13-42-14-12-39/h5-10,15-18,28H,11-14H2,1-4H3,(H,40,41)/t28-/m0/s1. The number of fused-ring (bicyclic) bond motifs is 1. The van der Waals surface area contributed by atoms with E-state index >= 15 is 0 Å². The number of carbonyl (C=O) groups is 1. The van der Waals surface area contributed by atoms with Gasteiger partial charge in [-0.25, -0.2) is 19.7 Å². The van der Waals surface area contributed by atoms with Crippen molar-refractivity contribution in [3.63, 3.8) is 0 Å². The number of rotatable bonds is 7. The molecule has 5 aromatic rings. The van der Waals surface area contributed by atoms with Gasteiger partial charge >= 0.3 is 5.97 Å². The van der Waals surface area contributed by atoms with Crippen molar-refractivity contribution in [3.05, 3.63) is 77.2 Å². The van der Waals surface area contributed by atoms with E-state index in [1.165, 1.54) is 11.3 Å². The van der Waals surface area contributed by atoms with Crippen LogP contribution in [0.3, 0.4) is 0 Å². The first-order valence-corrected chi connectivity index (χ1v) is 15.5. The smallest absolute Gasteiger partial charge is 0.337 e. The maximum Gasteiger partial charge on any atom is 0.337 e. The topological polar surface area (TPSA) is 111 Å². The summed E-state index contributed by atoms with van der Waals surface area (Å²) in [5.41, 5.74) is 5.50. The molecule has 1 saturated heterocycles. The molecule has 2 aromatic carbocycles. The van der Waals surface area contributed by atoms with Gasteiger partial charge in [0.2, 0.25) is 5.95 Å². The number of hydrogen-bond donors (Lipinski definition) is 1. The highest BCUT2D eigenvalue weighted by Gasteiger charge is 2.32. The third-order valence-electron chi connectivity index (χ3n) is 7.25. The SMILES string of the molecule is Cc1cc2nc(-c3ccnc(-c4cnc(N5CCOCC5)nc4)c3)sc2c(-c2ccc(Cl)cc2)c1[C@H](OC(C)(C)C)C(=O)O. The highest BCUT2D eigenvalue weighted by molar-refractivity contribution is 7.22. The highest BCUT2D eigenvalue weighted by atomic mass is 35.5. The minimum absolute atomic E-state index is 0.594. The molecule has 0 radical (unpaired) electrons. The van der Waals surface area contributed by atoms with Crippen molar-refractivity contribution in [2.75, 3.05) is 31.2 Å². The summed E-state index contributed by atoms with van der Waals surface area (Å²) in [6.07, 6.45) is 4.15. The van der Waals surface area contributed by atoms with Crippen LogP contribution in [0.4, 0.5) is 5.95 Å². The van der Waals surface area contributed by atoms with Gasteiger partial charge in [0.1, 0.15) is 5.01 Å². The first-order valence-electron chi connectivity index (χ1n) is 14.3. The van der Waals surface area contributed by atoms with Crippen molar-refractivity contribution in [1.82, 2.24) is 19.9 Å². The summed E-state index contributed by atoms with van der Waals surface area (Å²) in [4.78, 5) is 33.5. The molecule has 44 heavy (non-hydrogen) atoms. The molecule has 3 aromatic heterocycles. The van der Waals surface area contributed by atoms with E-state index in [-0.39, 0.29) is 0 Å². The molecule has 1 fully saturated rings. The second-order valence-electron chi connectivity index (χ2n) is 11.6. The maximum atomic E-state index is 12.6. The summed E-state index contributed by atoms with van der Waals surface area (Å²) in [6, 6.07) is 13.2. The number of aromatic nitrogens is 4. The Hall–Kier alpha value is -3.96. The molecule has 0 aliphatic carbocycles. The van der Waals surface area contributed by atoms with Gasteiger partial charge in [-0.05, 0) is 69.2 Å². The molecule has 0 unspecified atom stereocenters. The molecule has 11 heteroatoms. The maximum absolute atomic E-state index is 12.6. The quantitative estimate of drug-likeness (QED) is 0.199. The Morgan fingerprint density at radius 1 is 1.02 bits per heavy atom. The number of thiazole rings is 1. The van der Waals surface area contributed by atoms with E-state index in [0.717, 1.165) is 61.8 Å². The number of morpholine rings is 1. The predicted octanol–water partition coefficient (Wildman–Crippen LogP) is 7.22. The molecule has 1 N–H and O–H groups in total. The van der Waals surface area contributed by atoms with Crippen molar-refractivity contribution in [2.45, 2.75) is 39.4 Å². The van der Waals surface area contributed by atoms with Crippen molar-refractivity contribution >= 4 is 45.1 Å². The zero-order valence-corrected chi connectivity index (χ0v) is 26.4. The first-order chi connectivity index (χ1) is 21.1. The number of pyridine rings is 1. The molecule has 226 valence electrons. The minimum Gasteiger partial charge on any atom is -0.479 e. The summed E-state index contributed by atoms with van der Waals surface area (Å²) in [6.45, 7) is 10.3. The number of halogens is 1. The molecule has 6 rings (SSSR count). The van der Waals surface area contributed by atoms with Gasteiger partial charge in [-0.15, -0.1) is 11.3 Å². The molecular formula is C33H32ClN5O4S. The van der Waals surface area contributed by atoms with E-state index in [1.807, 2.05) is 58.0 Å². The van der Waals surface area contributed by atoms with E-state index in [2.05, 4.69) is 19.9 Å². The average molecular weight is 630 g/mol. The van der Waals surface area contributed by atoms with Gasteiger partial charge in [0.05, 0.1) is 34.7 Å². The summed E-state index contributed by atoms with van der Waals surface area (Å²) in [7, 11) is 0. The van der Waals surface area contributed by atoms with E-state index in [1.54, 1.807) is 30.7 Å². The van der Waals surface area contributed by atoms with Crippen molar-refractivity contribution in [3.8, 4) is 33.0 Å². The van der Waals surface area contributed by atoms with Crippen LogP contribution in [-0.2, 0) is 14.3 Å². The number of hydrogen-bond acceptors (Lipinski definition) is 9. The lowest BCUT2D eigenvalue weighted by molar-refractivity contribution is -0.160. The van der Waals surface area contributed by atoms with E-state index in [9.17, 15) is 9.90 Å². The fraction of sp³-hybridized carbons (Fsp3) is 0.303. The van der Waals surface area contributed by atoms with Crippen LogP contribution >= 0.6 is 22.9 Å². The second kappa shape index (κ2) is 12.2. The zero-order chi connectivity index (χ0) is 31.0. The first kappa shape index (κ1) is 30.1. The molecule has 1 aliphatic heterocycles. The normalized spacial score (nSPS) is 14.6. The van der Waals surface area contributed by atoms with Crippen LogP contribution in [0.2, 0.25) is 5.02 Å². The van der Waals surface area contributed by atoms with Gasteiger partial charge in [0, 0.05) is 59.0 Å². The Bertz CT molecular complexity index is 1810. The monoisotopic (exact) mass is 629 g/mol. The fourth-order valence-electron chi connectivity index (χ4n) is 5.26. The average Bonchev–Trinajstić information content (AvgIpc) is 3.44. The molecule has 1 atom stereocenters. The lowest BCUT2D eigenvalue weighted by Gasteiger charge is -2.28. The zero-order valence-electron chi connectivity index (χ0n) is 24.9. The molecule has 4 heterocycles. The molecule has 0 bridgehead atoms. The second-order valence-corrected chi connectivity index (χ2v) is 13.0. The van der Waals surface area contributed by atoms with E-state index in [0.29, 0.717) is 29.7 Å². The molecule has 0 amide bonds. The number of benzene rings is 2. The number of carboxylic acids is 1. The Labute approximate surface area is 264 Å². The summed E-state index contributed by atoms with van der Waals surface area (Å²) in [5.74, 6) is -0.377. The van der Waals surface area contributed by atoms with E-state index < -0.39 is 17.7 Å². The van der Waals surface area contributed by atoms with Gasteiger partial charge in [0.15, 0.2) is 6.10 Å². The molecular weight excluding hydrogens is 598 g/mol. The minimum atomic E-state index is -1.18. The number of carboxylic acid groups (broad SMARTS) is 1. The summed E-state index contributed by atoms with van der Waals surface area (Å²) >= 11 is 7.74. The van der Waals surface area contributed by atoms with Crippen molar-refractivity contribution in [2.24, 2.45) is 0 Å². The van der Waals surface area contributed by atoms with E-state index in [4.69, 9.17) is 26.1 Å². The number of ether oxygens (including phenoxy) is 2. The van der Waals surface area contributed by atoms with Crippen LogP contribution in [0.15, 0.2) is 61.1 Å². The Balaban J connectivity index is 1.44. The number of aliphatic carboxylic acids is 1. The Morgan fingerprint density at radius 3 is 2.39 bits per heavy atom. The number of nitrogens with zero attached hydrogens (tertiary/aromatic N) is 5. The fourth-order valence-corrected chi connectivity index (χ4v) is 6.51. The van der Waals surface area contributed by atoms with Crippen LogP contribution in [0.25, 0.3) is 43.2 Å². The van der Waals surface area contributed by atoms with Crippen LogP contribution in [-0.4, -0.2) is 62.9 Å². The lowest BCUT2D eigenvalue weighted by atomic mass is 9.91. The highest BCUT2D eigenvalue weighted by Crippen LogP contribution is 2.44. The van der Waals surface area contributed by atoms with Gasteiger partial charge in [0.25, 0.3) is 0 Å². The van der Waals surface area contributed by atoms with Gasteiger partial charge in [-0.3, -0.25) is 4.98 Å². The Kier molecular flexibility index (Phi) is 8.34. The summed E-state index contributed by atoms with van der Waals surface area (Å²) < 4.78 is 12.4. The predicted molar refractivity (Wildman–Crippen MR) is 173 cm³/mol. The van der Waals surface area contributed by atoms with Crippen LogP contribution in [0.1, 0.15) is 38.0 Å². The Morgan fingerprint density at radius 2 is 1.73 bits per heavy atom. The number of anilines is 1. The molecule has 1 aliphatic rings. The third kappa shape index (κ3) is 6.30. The van der Waals surface area contributed by atoms with Crippen molar-refractivity contribution in [1.29, 1.82) is 0 Å².